The smallest absolute Gasteiger partial charge is 0.318 e. The van der Waals surface area contributed by atoms with Crippen LogP contribution in [0.2, 0.25) is 0 Å². The van der Waals surface area contributed by atoms with Crippen molar-refractivity contribution >= 4 is 23.5 Å². The Morgan fingerprint density at radius 2 is 2.00 bits per heavy atom. The fraction of sp³-hybridized carbons (Fsp3) is 0.0769. The van der Waals surface area contributed by atoms with E-state index >= 15 is 0 Å². The molecule has 2 aromatic rings. The third-order valence-corrected chi connectivity index (χ3v) is 2.85. The van der Waals surface area contributed by atoms with E-state index in [2.05, 4.69) is 5.10 Å². The van der Waals surface area contributed by atoms with Crippen molar-refractivity contribution in [2.45, 2.75) is 6.92 Å². The number of phenolic OH excluding ortho intramolecular Hbond substituents is 1. The molecule has 24 heavy (non-hydrogen) atoms. The first kappa shape index (κ1) is 16.6. The van der Waals surface area contributed by atoms with Gasteiger partial charge in [-0.05, 0) is 19.1 Å². The van der Waals surface area contributed by atoms with Crippen molar-refractivity contribution in [2.24, 2.45) is 5.10 Å². The number of nitrogens with one attached hydrogen (secondary N) is 1. The molecule has 2 N–H and O–H groups in total. The molecule has 0 saturated heterocycles. The molecule has 0 unspecified atom stereocenters. The molecule has 0 aliphatic heterocycles. The summed E-state index contributed by atoms with van der Waals surface area (Å²) < 4.78 is 5.17. The van der Waals surface area contributed by atoms with Crippen molar-refractivity contribution in [1.82, 2.24) is 5.43 Å². The Balaban J connectivity index is 2.29. The second-order valence-corrected chi connectivity index (χ2v) is 4.52. The lowest BCUT2D eigenvalue weighted by Crippen LogP contribution is -2.18. The van der Waals surface area contributed by atoms with Crippen LogP contribution >= 0.6 is 0 Å². The molecule has 0 atom stereocenters. The summed E-state index contributed by atoms with van der Waals surface area (Å²) in [5.74, 6) is -1.09. The zero-order valence-electron chi connectivity index (χ0n) is 12.1. The first-order valence-electron chi connectivity index (χ1n) is 6.35. The summed E-state index contributed by atoms with van der Waals surface area (Å²) in [7, 11) is 0. The molecule has 1 aromatic carbocycles. The Labute approximate surface area is 133 Å². The predicted octanol–water partition coefficient (Wildman–Crippen LogP) is 1.87. The Morgan fingerprint density at radius 3 is 2.54 bits per heavy atom. The van der Waals surface area contributed by atoms with Crippen LogP contribution in [0.3, 0.4) is 0 Å². The van der Waals surface area contributed by atoms with E-state index in [4.69, 9.17) is 4.42 Å². The summed E-state index contributed by atoms with van der Waals surface area (Å²) in [4.78, 5) is 31.6. The van der Waals surface area contributed by atoms with Crippen LogP contribution in [0.25, 0.3) is 0 Å². The summed E-state index contributed by atoms with van der Waals surface area (Å²) in [5, 5.41) is 34.9. The number of hydrazone groups is 1. The molecule has 11 heteroatoms. The highest BCUT2D eigenvalue weighted by Crippen LogP contribution is 2.34. The maximum Gasteiger partial charge on any atom is 0.318 e. The Bertz CT molecular complexity index is 856. The molecular formula is C13H10N4O7. The number of nitro groups is 2. The Morgan fingerprint density at radius 1 is 1.29 bits per heavy atom. The number of carbonyl (C=O) groups excluding carboxylic acids is 1. The van der Waals surface area contributed by atoms with Crippen LogP contribution in [0.1, 0.15) is 21.9 Å². The minimum atomic E-state index is -1.06. The number of aryl methyl sites for hydroxylation is 1. The number of hydrogen-bond acceptors (Lipinski definition) is 8. The van der Waals surface area contributed by atoms with Crippen molar-refractivity contribution in [3.8, 4) is 5.75 Å². The third kappa shape index (κ3) is 3.52. The lowest BCUT2D eigenvalue weighted by Gasteiger charge is -2.03. The van der Waals surface area contributed by atoms with Crippen LogP contribution in [0.5, 0.6) is 5.75 Å². The van der Waals surface area contributed by atoms with Crippen molar-refractivity contribution in [3.63, 3.8) is 0 Å². The maximum atomic E-state index is 11.9. The van der Waals surface area contributed by atoms with Gasteiger partial charge in [0.2, 0.25) is 5.75 Å². The molecule has 0 saturated carbocycles. The van der Waals surface area contributed by atoms with Crippen molar-refractivity contribution in [1.29, 1.82) is 0 Å². The molecule has 0 aliphatic rings. The second-order valence-electron chi connectivity index (χ2n) is 4.52. The second kappa shape index (κ2) is 6.56. The highest BCUT2D eigenvalue weighted by atomic mass is 16.6. The van der Waals surface area contributed by atoms with Gasteiger partial charge in [0.15, 0.2) is 0 Å². The van der Waals surface area contributed by atoms with Crippen LogP contribution in [0.15, 0.2) is 33.8 Å². The zero-order chi connectivity index (χ0) is 17.9. The molecule has 1 heterocycles. The highest BCUT2D eigenvalue weighted by molar-refractivity contribution is 5.99. The topological polar surface area (TPSA) is 161 Å². The molecule has 0 bridgehead atoms. The Kier molecular flexibility index (Phi) is 4.54. The molecule has 124 valence electrons. The van der Waals surface area contributed by atoms with Crippen LogP contribution < -0.4 is 5.43 Å². The lowest BCUT2D eigenvalue weighted by molar-refractivity contribution is -0.394. The van der Waals surface area contributed by atoms with Crippen molar-refractivity contribution in [3.05, 3.63) is 61.6 Å². The average Bonchev–Trinajstić information content (AvgIpc) is 2.92. The number of carbonyl (C=O) groups is 1. The number of nitrogens with zero attached hydrogens (tertiary/aromatic N) is 3. The van der Waals surface area contributed by atoms with Crippen LogP contribution in [0, 0.1) is 27.2 Å². The van der Waals surface area contributed by atoms with Gasteiger partial charge in [0, 0.05) is 6.07 Å². The number of phenols is 1. The van der Waals surface area contributed by atoms with Gasteiger partial charge in [-0.3, -0.25) is 25.0 Å². The number of hydrogen-bond donors (Lipinski definition) is 2. The van der Waals surface area contributed by atoms with Crippen LogP contribution in [-0.2, 0) is 0 Å². The van der Waals surface area contributed by atoms with Crippen molar-refractivity contribution < 1.29 is 24.2 Å². The number of furan rings is 1. The molecular weight excluding hydrogens is 324 g/mol. The quantitative estimate of drug-likeness (QED) is 0.479. The molecule has 1 aromatic heterocycles. The van der Waals surface area contributed by atoms with E-state index in [0.717, 1.165) is 6.21 Å². The molecule has 0 fully saturated rings. The third-order valence-electron chi connectivity index (χ3n) is 2.85. The highest BCUT2D eigenvalue weighted by Gasteiger charge is 2.27. The number of benzene rings is 1. The summed E-state index contributed by atoms with van der Waals surface area (Å²) >= 11 is 0. The van der Waals surface area contributed by atoms with Crippen LogP contribution in [0.4, 0.5) is 11.4 Å². The number of rotatable bonds is 5. The normalized spacial score (nSPS) is 10.7. The first-order valence-corrected chi connectivity index (χ1v) is 6.35. The van der Waals surface area contributed by atoms with E-state index in [1.807, 2.05) is 5.43 Å². The standard InChI is InChI=1S/C13H10N4O7/c1-7-2-3-9(24-7)6-14-15-13(19)10-4-8(16(20)21)5-11(12(10)18)17(22)23/h2-6,18H,1H3,(H,15,19)/b14-6+. The fourth-order valence-electron chi connectivity index (χ4n) is 1.76. The zero-order valence-corrected chi connectivity index (χ0v) is 12.1. The van der Waals surface area contributed by atoms with Gasteiger partial charge in [-0.15, -0.1) is 0 Å². The molecule has 0 spiro atoms. The average molecular weight is 334 g/mol. The van der Waals surface area contributed by atoms with Gasteiger partial charge in [0.1, 0.15) is 11.5 Å². The molecule has 0 radical (unpaired) electrons. The maximum absolute atomic E-state index is 11.9. The van der Waals surface area contributed by atoms with E-state index in [1.54, 1.807) is 19.1 Å². The molecule has 0 aliphatic carbocycles. The summed E-state index contributed by atoms with van der Waals surface area (Å²) in [6.45, 7) is 1.70. The molecule has 2 rings (SSSR count). The fourth-order valence-corrected chi connectivity index (χ4v) is 1.76. The van der Waals surface area contributed by atoms with Gasteiger partial charge < -0.3 is 9.52 Å². The van der Waals surface area contributed by atoms with E-state index in [0.29, 0.717) is 23.7 Å². The molecule has 1 amide bonds. The first-order chi connectivity index (χ1) is 11.3. The van der Waals surface area contributed by atoms with Gasteiger partial charge in [-0.2, -0.15) is 5.10 Å². The molecule has 11 nitrogen and oxygen atoms in total. The monoisotopic (exact) mass is 334 g/mol. The van der Waals surface area contributed by atoms with Gasteiger partial charge in [-0.25, -0.2) is 5.43 Å². The Hall–Kier alpha value is -3.76. The number of nitro benzene ring substituents is 2. The summed E-state index contributed by atoms with van der Waals surface area (Å²) in [5.41, 5.74) is -0.325. The SMILES string of the molecule is Cc1ccc(/C=N/NC(=O)c2cc([N+](=O)[O-])cc([N+](=O)[O-])c2O)o1. The van der Waals surface area contributed by atoms with E-state index in [9.17, 15) is 30.1 Å². The number of non-ortho nitro benzene ring substituents is 1. The summed E-state index contributed by atoms with van der Waals surface area (Å²) in [6.07, 6.45) is 1.16. The van der Waals surface area contributed by atoms with Crippen LogP contribution in [-0.4, -0.2) is 27.1 Å². The van der Waals surface area contributed by atoms with E-state index in [1.165, 1.54) is 0 Å². The van der Waals surface area contributed by atoms with Gasteiger partial charge in [-0.1, -0.05) is 0 Å². The number of amides is 1. The van der Waals surface area contributed by atoms with E-state index < -0.39 is 38.4 Å². The van der Waals surface area contributed by atoms with Crippen molar-refractivity contribution in [2.75, 3.05) is 0 Å². The van der Waals surface area contributed by atoms with E-state index in [-0.39, 0.29) is 0 Å². The summed E-state index contributed by atoms with van der Waals surface area (Å²) in [6, 6.07) is 4.52. The van der Waals surface area contributed by atoms with Gasteiger partial charge in [0.25, 0.3) is 11.6 Å². The predicted molar refractivity (Wildman–Crippen MR) is 79.9 cm³/mol. The minimum Gasteiger partial charge on any atom is -0.502 e. The lowest BCUT2D eigenvalue weighted by atomic mass is 10.1. The van der Waals surface area contributed by atoms with Gasteiger partial charge in [0.05, 0.1) is 27.7 Å². The van der Waals surface area contributed by atoms with Gasteiger partial charge >= 0.3 is 5.69 Å². The minimum absolute atomic E-state index is 0.335. The number of aromatic hydroxyl groups is 1. The largest absolute Gasteiger partial charge is 0.502 e.